The number of rotatable bonds is 3. The Morgan fingerprint density at radius 2 is 1.62 bits per heavy atom. The van der Waals surface area contributed by atoms with Crippen molar-refractivity contribution in [2.24, 2.45) is 4.99 Å². The van der Waals surface area contributed by atoms with Gasteiger partial charge in [0.25, 0.3) is 0 Å². The third-order valence-corrected chi connectivity index (χ3v) is 4.57. The van der Waals surface area contributed by atoms with E-state index in [1.165, 1.54) is 33.8 Å². The molecule has 1 heterocycles. The van der Waals surface area contributed by atoms with Crippen LogP contribution in [0.25, 0.3) is 5.69 Å². The summed E-state index contributed by atoms with van der Waals surface area (Å²) in [5.41, 5.74) is 9.66. The van der Waals surface area contributed by atoms with Crippen LogP contribution < -0.4 is 0 Å². The summed E-state index contributed by atoms with van der Waals surface area (Å²) >= 11 is 0. The molecule has 0 N–H and O–H groups in total. The molecule has 2 aromatic carbocycles. The van der Waals surface area contributed by atoms with Crippen molar-refractivity contribution in [1.82, 2.24) is 4.57 Å². The SMILES string of the molecule is Cc1cccc(N=Cc2cc(C)n(-c3ccc(C)c(C)c3)c2C)c1. The molecule has 0 aliphatic rings. The van der Waals surface area contributed by atoms with Crippen molar-refractivity contribution in [3.05, 3.63) is 82.2 Å². The first-order valence-corrected chi connectivity index (χ1v) is 8.33. The lowest BCUT2D eigenvalue weighted by Crippen LogP contribution is -2.00. The summed E-state index contributed by atoms with van der Waals surface area (Å²) in [6.45, 7) is 10.7. The third kappa shape index (κ3) is 3.18. The topological polar surface area (TPSA) is 17.3 Å². The largest absolute Gasteiger partial charge is 0.318 e. The summed E-state index contributed by atoms with van der Waals surface area (Å²) in [4.78, 5) is 4.64. The molecule has 0 aliphatic carbocycles. The Bertz CT molecular complexity index is 914. The molecule has 2 nitrogen and oxygen atoms in total. The molecule has 0 fully saturated rings. The van der Waals surface area contributed by atoms with E-state index >= 15 is 0 Å². The van der Waals surface area contributed by atoms with Gasteiger partial charge in [-0.2, -0.15) is 0 Å². The van der Waals surface area contributed by atoms with Gasteiger partial charge >= 0.3 is 0 Å². The molecule has 3 rings (SSSR count). The summed E-state index contributed by atoms with van der Waals surface area (Å²) in [6.07, 6.45) is 1.97. The maximum Gasteiger partial charge on any atom is 0.0632 e. The van der Waals surface area contributed by atoms with E-state index in [1.807, 2.05) is 18.3 Å². The molecule has 0 saturated carbocycles. The van der Waals surface area contributed by atoms with Crippen LogP contribution in [0.15, 0.2) is 53.5 Å². The van der Waals surface area contributed by atoms with Gasteiger partial charge in [0.15, 0.2) is 0 Å². The van der Waals surface area contributed by atoms with Crippen LogP contribution >= 0.6 is 0 Å². The van der Waals surface area contributed by atoms with E-state index in [1.54, 1.807) is 0 Å². The second-order valence-corrected chi connectivity index (χ2v) is 6.53. The predicted octanol–water partition coefficient (Wildman–Crippen LogP) is 5.77. The summed E-state index contributed by atoms with van der Waals surface area (Å²) in [5, 5.41) is 0. The molecule has 0 bridgehead atoms. The van der Waals surface area contributed by atoms with Gasteiger partial charge in [0.1, 0.15) is 0 Å². The Balaban J connectivity index is 1.98. The lowest BCUT2D eigenvalue weighted by molar-refractivity contribution is 0.961. The molecule has 0 aliphatic heterocycles. The van der Waals surface area contributed by atoms with Gasteiger partial charge < -0.3 is 4.57 Å². The molecule has 0 atom stereocenters. The van der Waals surface area contributed by atoms with E-state index < -0.39 is 0 Å². The number of benzene rings is 2. The van der Waals surface area contributed by atoms with E-state index in [0.717, 1.165) is 11.3 Å². The Labute approximate surface area is 144 Å². The van der Waals surface area contributed by atoms with Crippen molar-refractivity contribution >= 4 is 11.9 Å². The standard InChI is InChI=1S/C22H24N2/c1-15-7-6-8-21(11-15)23-14-20-13-18(4)24(19(20)5)22-10-9-16(2)17(3)12-22/h6-14H,1-5H3. The number of nitrogens with zero attached hydrogens (tertiary/aromatic N) is 2. The lowest BCUT2D eigenvalue weighted by Gasteiger charge is -2.11. The summed E-state index contributed by atoms with van der Waals surface area (Å²) in [7, 11) is 0. The van der Waals surface area contributed by atoms with Crippen molar-refractivity contribution in [1.29, 1.82) is 0 Å². The lowest BCUT2D eigenvalue weighted by atomic mass is 10.1. The quantitative estimate of drug-likeness (QED) is 0.546. The number of hydrogen-bond donors (Lipinski definition) is 0. The first-order valence-electron chi connectivity index (χ1n) is 8.33. The number of aromatic nitrogens is 1. The van der Waals surface area contributed by atoms with Crippen molar-refractivity contribution < 1.29 is 0 Å². The molecule has 122 valence electrons. The minimum atomic E-state index is 0.992. The highest BCUT2D eigenvalue weighted by Gasteiger charge is 2.10. The van der Waals surface area contributed by atoms with Crippen LogP contribution in [0.1, 0.15) is 33.6 Å². The minimum absolute atomic E-state index is 0.992. The molecular formula is C22H24N2. The molecular weight excluding hydrogens is 292 g/mol. The highest BCUT2D eigenvalue weighted by molar-refractivity contribution is 5.84. The summed E-state index contributed by atoms with van der Waals surface area (Å²) in [6, 6.07) is 17.1. The normalized spacial score (nSPS) is 11.4. The van der Waals surface area contributed by atoms with Gasteiger partial charge in [0, 0.05) is 28.9 Å². The van der Waals surface area contributed by atoms with Gasteiger partial charge in [-0.25, -0.2) is 0 Å². The van der Waals surface area contributed by atoms with Crippen molar-refractivity contribution in [2.45, 2.75) is 34.6 Å². The average molecular weight is 316 g/mol. The zero-order valence-corrected chi connectivity index (χ0v) is 15.1. The van der Waals surface area contributed by atoms with E-state index in [2.05, 4.69) is 80.6 Å². The maximum absolute atomic E-state index is 4.64. The van der Waals surface area contributed by atoms with Gasteiger partial charge in [0.05, 0.1) is 5.69 Å². The highest BCUT2D eigenvalue weighted by Crippen LogP contribution is 2.22. The Morgan fingerprint density at radius 3 is 2.33 bits per heavy atom. The van der Waals surface area contributed by atoms with Crippen LogP contribution in [0.2, 0.25) is 0 Å². The van der Waals surface area contributed by atoms with Gasteiger partial charge in [0.2, 0.25) is 0 Å². The minimum Gasteiger partial charge on any atom is -0.318 e. The summed E-state index contributed by atoms with van der Waals surface area (Å²) < 4.78 is 2.30. The molecule has 24 heavy (non-hydrogen) atoms. The van der Waals surface area contributed by atoms with Crippen LogP contribution in [0.5, 0.6) is 0 Å². The smallest absolute Gasteiger partial charge is 0.0632 e. The summed E-state index contributed by atoms with van der Waals surface area (Å²) in [5.74, 6) is 0. The fraction of sp³-hybridized carbons (Fsp3) is 0.227. The number of hydrogen-bond acceptors (Lipinski definition) is 1. The Hall–Kier alpha value is -2.61. The first-order chi connectivity index (χ1) is 11.5. The highest BCUT2D eigenvalue weighted by atomic mass is 15.0. The van der Waals surface area contributed by atoms with Crippen molar-refractivity contribution in [3.63, 3.8) is 0 Å². The van der Waals surface area contributed by atoms with Crippen molar-refractivity contribution in [2.75, 3.05) is 0 Å². The number of aliphatic imine (C=N–C) groups is 1. The molecule has 0 amide bonds. The zero-order valence-electron chi connectivity index (χ0n) is 15.1. The van der Waals surface area contributed by atoms with Crippen LogP contribution in [-0.4, -0.2) is 10.8 Å². The second kappa shape index (κ2) is 6.48. The van der Waals surface area contributed by atoms with Crippen molar-refractivity contribution in [3.8, 4) is 5.69 Å². The monoisotopic (exact) mass is 316 g/mol. The van der Waals surface area contributed by atoms with E-state index in [-0.39, 0.29) is 0 Å². The molecule has 0 unspecified atom stereocenters. The fourth-order valence-corrected chi connectivity index (χ4v) is 3.03. The number of aryl methyl sites for hydroxylation is 4. The van der Waals surface area contributed by atoms with Gasteiger partial charge in [-0.05, 0) is 81.6 Å². The van der Waals surface area contributed by atoms with E-state index in [9.17, 15) is 0 Å². The first kappa shape index (κ1) is 16.3. The van der Waals surface area contributed by atoms with Gasteiger partial charge in [-0.1, -0.05) is 18.2 Å². The van der Waals surface area contributed by atoms with Crippen LogP contribution in [0, 0.1) is 34.6 Å². The van der Waals surface area contributed by atoms with E-state index in [0.29, 0.717) is 0 Å². The molecule has 1 aromatic heterocycles. The van der Waals surface area contributed by atoms with E-state index in [4.69, 9.17) is 0 Å². The van der Waals surface area contributed by atoms with Gasteiger partial charge in [-0.15, -0.1) is 0 Å². The Morgan fingerprint density at radius 1 is 0.833 bits per heavy atom. The van der Waals surface area contributed by atoms with Gasteiger partial charge in [-0.3, -0.25) is 4.99 Å². The average Bonchev–Trinajstić information content (AvgIpc) is 2.82. The second-order valence-electron chi connectivity index (χ2n) is 6.53. The molecule has 0 radical (unpaired) electrons. The van der Waals surface area contributed by atoms with Crippen LogP contribution in [-0.2, 0) is 0 Å². The fourth-order valence-electron chi connectivity index (χ4n) is 3.03. The molecule has 3 aromatic rings. The van der Waals surface area contributed by atoms with Crippen LogP contribution in [0.4, 0.5) is 5.69 Å². The predicted molar refractivity (Wildman–Crippen MR) is 103 cm³/mol. The maximum atomic E-state index is 4.64. The molecule has 0 saturated heterocycles. The zero-order chi connectivity index (χ0) is 17.3. The van der Waals surface area contributed by atoms with Crippen LogP contribution in [0.3, 0.4) is 0 Å². The third-order valence-electron chi connectivity index (χ3n) is 4.57. The Kier molecular flexibility index (Phi) is 4.39. The molecule has 2 heteroatoms. The molecule has 0 spiro atoms.